The number of guanidine groups is 1. The molecule has 0 aromatic carbocycles. The minimum absolute atomic E-state index is 0. The molecule has 2 N–H and O–H groups in total. The van der Waals surface area contributed by atoms with Crippen LogP contribution >= 0.6 is 24.0 Å². The molecule has 0 spiro atoms. The van der Waals surface area contributed by atoms with Gasteiger partial charge in [0.15, 0.2) is 5.96 Å². The van der Waals surface area contributed by atoms with Crippen molar-refractivity contribution in [3.8, 4) is 0 Å². The average Bonchev–Trinajstić information content (AvgIpc) is 3.34. The lowest BCUT2D eigenvalue weighted by Crippen LogP contribution is -2.40. The minimum Gasteiger partial charge on any atom is -0.381 e. The Morgan fingerprint density at radius 2 is 1.83 bits per heavy atom. The van der Waals surface area contributed by atoms with Gasteiger partial charge in [-0.15, -0.1) is 24.0 Å². The topological polar surface area (TPSA) is 45.7 Å². The van der Waals surface area contributed by atoms with Crippen molar-refractivity contribution in [3.05, 3.63) is 0 Å². The smallest absolute Gasteiger partial charge is 0.191 e. The fourth-order valence-electron chi connectivity index (χ4n) is 4.11. The molecule has 5 heteroatoms. The molecule has 2 aliphatic carbocycles. The zero-order valence-electron chi connectivity index (χ0n) is 14.6. The fourth-order valence-corrected chi connectivity index (χ4v) is 4.11. The summed E-state index contributed by atoms with van der Waals surface area (Å²) in [5.41, 5.74) is 0. The van der Waals surface area contributed by atoms with E-state index in [0.29, 0.717) is 12.0 Å². The Kier molecular flexibility index (Phi) is 8.44. The molecule has 3 fully saturated rings. The van der Waals surface area contributed by atoms with Crippen LogP contribution in [-0.4, -0.2) is 38.3 Å². The Morgan fingerprint density at radius 1 is 1.09 bits per heavy atom. The van der Waals surface area contributed by atoms with Crippen LogP contribution in [0.5, 0.6) is 0 Å². The number of rotatable bonds is 5. The van der Waals surface area contributed by atoms with Crippen LogP contribution in [0.2, 0.25) is 0 Å². The molecule has 3 aliphatic rings. The lowest BCUT2D eigenvalue weighted by molar-refractivity contribution is 0.0689. The molecule has 23 heavy (non-hydrogen) atoms. The highest BCUT2D eigenvalue weighted by atomic mass is 127. The maximum absolute atomic E-state index is 5.43. The molecule has 2 saturated carbocycles. The third-order valence-electron chi connectivity index (χ3n) is 5.61. The highest BCUT2D eigenvalue weighted by Gasteiger charge is 2.43. The summed E-state index contributed by atoms with van der Waals surface area (Å²) in [6.45, 7) is 5.87. The molecule has 1 aliphatic heterocycles. The number of nitrogens with one attached hydrogen (secondary N) is 2. The van der Waals surface area contributed by atoms with E-state index < -0.39 is 0 Å². The summed E-state index contributed by atoms with van der Waals surface area (Å²) in [5, 5.41) is 7.11. The van der Waals surface area contributed by atoms with Crippen LogP contribution in [-0.2, 0) is 4.74 Å². The second-order valence-electron chi connectivity index (χ2n) is 7.32. The van der Waals surface area contributed by atoms with Crippen molar-refractivity contribution < 1.29 is 4.74 Å². The standard InChI is InChI=1S/C18H33N3O.HI/c1-2-19-18(20-13-14-8-10-22-11-9-14)21-17-12-16(17)15-6-4-3-5-7-15;/h14-17H,2-13H2,1H3,(H2,19,20,21);1H. The van der Waals surface area contributed by atoms with Crippen molar-refractivity contribution in [2.45, 2.75) is 64.3 Å². The van der Waals surface area contributed by atoms with Gasteiger partial charge in [0, 0.05) is 32.3 Å². The van der Waals surface area contributed by atoms with E-state index in [1.807, 2.05) is 0 Å². The number of ether oxygens (including phenoxy) is 1. The summed E-state index contributed by atoms with van der Waals surface area (Å²) in [5.74, 6) is 3.63. The van der Waals surface area contributed by atoms with Crippen LogP contribution < -0.4 is 10.6 Å². The summed E-state index contributed by atoms with van der Waals surface area (Å²) in [6, 6.07) is 0.676. The molecule has 0 amide bonds. The van der Waals surface area contributed by atoms with Crippen LogP contribution in [0, 0.1) is 17.8 Å². The van der Waals surface area contributed by atoms with Crippen molar-refractivity contribution in [2.75, 3.05) is 26.3 Å². The van der Waals surface area contributed by atoms with E-state index in [1.165, 1.54) is 38.5 Å². The van der Waals surface area contributed by atoms with Gasteiger partial charge in [0.25, 0.3) is 0 Å². The molecule has 1 heterocycles. The van der Waals surface area contributed by atoms with E-state index in [2.05, 4.69) is 17.6 Å². The largest absolute Gasteiger partial charge is 0.381 e. The van der Waals surface area contributed by atoms with Gasteiger partial charge < -0.3 is 15.4 Å². The van der Waals surface area contributed by atoms with Gasteiger partial charge in [-0.05, 0) is 43.9 Å². The molecular formula is C18H34IN3O. The SMILES string of the molecule is CCNC(=NCC1CCOCC1)NC1CC1C1CCCCC1.I. The van der Waals surface area contributed by atoms with E-state index in [0.717, 1.165) is 56.9 Å². The highest BCUT2D eigenvalue weighted by molar-refractivity contribution is 14.0. The van der Waals surface area contributed by atoms with Crippen molar-refractivity contribution >= 4 is 29.9 Å². The lowest BCUT2D eigenvalue weighted by Gasteiger charge is -2.22. The Bertz CT molecular complexity index is 365. The van der Waals surface area contributed by atoms with Crippen LogP contribution in [0.15, 0.2) is 4.99 Å². The molecule has 0 aromatic rings. The third-order valence-corrected chi connectivity index (χ3v) is 5.61. The number of halogens is 1. The second kappa shape index (κ2) is 10.1. The summed E-state index contributed by atoms with van der Waals surface area (Å²) in [7, 11) is 0. The van der Waals surface area contributed by atoms with Crippen LogP contribution in [0.1, 0.15) is 58.3 Å². The Labute approximate surface area is 158 Å². The number of hydrogen-bond acceptors (Lipinski definition) is 2. The number of nitrogens with zero attached hydrogens (tertiary/aromatic N) is 1. The molecule has 4 nitrogen and oxygen atoms in total. The van der Waals surface area contributed by atoms with Gasteiger partial charge >= 0.3 is 0 Å². The number of hydrogen-bond donors (Lipinski definition) is 2. The van der Waals surface area contributed by atoms with Gasteiger partial charge in [-0.2, -0.15) is 0 Å². The third kappa shape index (κ3) is 6.07. The predicted octanol–water partition coefficient (Wildman–Crippen LogP) is 3.55. The molecule has 1 saturated heterocycles. The second-order valence-corrected chi connectivity index (χ2v) is 7.32. The monoisotopic (exact) mass is 435 g/mol. The highest BCUT2D eigenvalue weighted by Crippen LogP contribution is 2.44. The Morgan fingerprint density at radius 3 is 2.52 bits per heavy atom. The fraction of sp³-hybridized carbons (Fsp3) is 0.944. The van der Waals surface area contributed by atoms with Crippen molar-refractivity contribution in [2.24, 2.45) is 22.7 Å². The Balaban J connectivity index is 0.00000192. The maximum atomic E-state index is 5.43. The van der Waals surface area contributed by atoms with Crippen LogP contribution in [0.25, 0.3) is 0 Å². The maximum Gasteiger partial charge on any atom is 0.191 e. The molecule has 0 radical (unpaired) electrons. The van der Waals surface area contributed by atoms with Crippen molar-refractivity contribution in [1.82, 2.24) is 10.6 Å². The van der Waals surface area contributed by atoms with Crippen molar-refractivity contribution in [1.29, 1.82) is 0 Å². The zero-order chi connectivity index (χ0) is 15.2. The molecule has 2 unspecified atom stereocenters. The van der Waals surface area contributed by atoms with E-state index in [9.17, 15) is 0 Å². The minimum atomic E-state index is 0. The molecule has 0 bridgehead atoms. The summed E-state index contributed by atoms with van der Waals surface area (Å²) >= 11 is 0. The van der Waals surface area contributed by atoms with Gasteiger partial charge in [0.1, 0.15) is 0 Å². The summed E-state index contributed by atoms with van der Waals surface area (Å²) in [6.07, 6.45) is 11.0. The number of aliphatic imine (C=N–C) groups is 1. The van der Waals surface area contributed by atoms with Gasteiger partial charge in [0.2, 0.25) is 0 Å². The van der Waals surface area contributed by atoms with Crippen molar-refractivity contribution in [3.63, 3.8) is 0 Å². The Hall–Kier alpha value is -0.0400. The lowest BCUT2D eigenvalue weighted by atomic mass is 9.85. The first kappa shape index (κ1) is 19.3. The average molecular weight is 435 g/mol. The van der Waals surface area contributed by atoms with Gasteiger partial charge in [-0.3, -0.25) is 4.99 Å². The van der Waals surface area contributed by atoms with E-state index in [4.69, 9.17) is 9.73 Å². The van der Waals surface area contributed by atoms with Gasteiger partial charge in [-0.1, -0.05) is 32.1 Å². The predicted molar refractivity (Wildman–Crippen MR) is 107 cm³/mol. The normalized spacial score (nSPS) is 29.7. The molecule has 0 aromatic heterocycles. The first-order valence-corrected chi connectivity index (χ1v) is 9.49. The summed E-state index contributed by atoms with van der Waals surface area (Å²) < 4.78 is 5.43. The zero-order valence-corrected chi connectivity index (χ0v) is 16.9. The molecular weight excluding hydrogens is 401 g/mol. The molecule has 3 rings (SSSR count). The molecule has 2 atom stereocenters. The quantitative estimate of drug-likeness (QED) is 0.395. The molecule has 134 valence electrons. The van der Waals surface area contributed by atoms with Gasteiger partial charge in [0.05, 0.1) is 0 Å². The van der Waals surface area contributed by atoms with Crippen LogP contribution in [0.4, 0.5) is 0 Å². The van der Waals surface area contributed by atoms with E-state index >= 15 is 0 Å². The summed E-state index contributed by atoms with van der Waals surface area (Å²) in [4.78, 5) is 4.84. The first-order valence-electron chi connectivity index (χ1n) is 9.49. The van der Waals surface area contributed by atoms with Gasteiger partial charge in [-0.25, -0.2) is 0 Å². The van der Waals surface area contributed by atoms with E-state index in [1.54, 1.807) is 0 Å². The van der Waals surface area contributed by atoms with Crippen LogP contribution in [0.3, 0.4) is 0 Å². The van der Waals surface area contributed by atoms with E-state index in [-0.39, 0.29) is 24.0 Å². The first-order chi connectivity index (χ1) is 10.9.